The van der Waals surface area contributed by atoms with Gasteiger partial charge >= 0.3 is 0 Å². The highest BCUT2D eigenvalue weighted by Gasteiger charge is 2.14. The van der Waals surface area contributed by atoms with Crippen molar-refractivity contribution in [3.05, 3.63) is 100 Å². The van der Waals surface area contributed by atoms with Gasteiger partial charge in [0.15, 0.2) is 0 Å². The van der Waals surface area contributed by atoms with E-state index < -0.39 is 11.7 Å². The second-order valence-corrected chi connectivity index (χ2v) is 7.18. The van der Waals surface area contributed by atoms with E-state index in [1.54, 1.807) is 12.1 Å². The number of fused-ring (bicyclic) bond motifs is 1. The lowest BCUT2D eigenvalue weighted by atomic mass is 10.0. The number of benzene rings is 3. The van der Waals surface area contributed by atoms with Crippen LogP contribution < -0.4 is 5.43 Å². The fourth-order valence-electron chi connectivity index (χ4n) is 3.09. The molecule has 0 aliphatic carbocycles. The number of aryl methyl sites for hydroxylation is 1. The maximum Gasteiger partial charge on any atom is 0.272 e. The summed E-state index contributed by atoms with van der Waals surface area (Å²) in [5.41, 5.74) is 6.41. The zero-order chi connectivity index (χ0) is 21.1. The Morgan fingerprint density at radius 3 is 2.60 bits per heavy atom. The lowest BCUT2D eigenvalue weighted by Gasteiger charge is -2.09. The third kappa shape index (κ3) is 4.07. The number of aromatic nitrogens is 1. The number of hydrogen-bond donors (Lipinski definition) is 1. The van der Waals surface area contributed by atoms with Crippen LogP contribution in [0.1, 0.15) is 21.5 Å². The van der Waals surface area contributed by atoms with Crippen LogP contribution in [-0.4, -0.2) is 17.1 Å². The molecule has 0 saturated carbocycles. The van der Waals surface area contributed by atoms with Gasteiger partial charge in [-0.15, -0.1) is 0 Å². The van der Waals surface area contributed by atoms with Crippen molar-refractivity contribution < 1.29 is 9.18 Å². The van der Waals surface area contributed by atoms with Gasteiger partial charge in [0.05, 0.1) is 28.0 Å². The van der Waals surface area contributed by atoms with Gasteiger partial charge in [0, 0.05) is 16.5 Å². The Bertz CT molecular complexity index is 1250. The highest BCUT2D eigenvalue weighted by atomic mass is 35.5. The highest BCUT2D eigenvalue weighted by Crippen LogP contribution is 2.25. The second-order valence-electron chi connectivity index (χ2n) is 6.77. The molecule has 3 aromatic carbocycles. The van der Waals surface area contributed by atoms with Crippen molar-refractivity contribution >= 4 is 34.6 Å². The monoisotopic (exact) mass is 417 g/mol. The fourth-order valence-corrected chi connectivity index (χ4v) is 3.30. The van der Waals surface area contributed by atoms with E-state index in [1.807, 2.05) is 55.5 Å². The molecule has 0 unspecified atom stereocenters. The molecule has 1 heterocycles. The van der Waals surface area contributed by atoms with Crippen LogP contribution in [0.25, 0.3) is 22.2 Å². The van der Waals surface area contributed by atoms with Crippen LogP contribution in [0.4, 0.5) is 4.39 Å². The van der Waals surface area contributed by atoms with Crippen LogP contribution in [0.5, 0.6) is 0 Å². The van der Waals surface area contributed by atoms with Crippen molar-refractivity contribution in [1.82, 2.24) is 10.4 Å². The molecule has 0 saturated heterocycles. The summed E-state index contributed by atoms with van der Waals surface area (Å²) >= 11 is 5.99. The molecule has 6 heteroatoms. The van der Waals surface area contributed by atoms with E-state index in [9.17, 15) is 9.18 Å². The second kappa shape index (κ2) is 8.43. The van der Waals surface area contributed by atoms with E-state index in [1.165, 1.54) is 18.3 Å². The van der Waals surface area contributed by atoms with E-state index in [4.69, 9.17) is 11.6 Å². The van der Waals surface area contributed by atoms with Crippen LogP contribution in [0.15, 0.2) is 77.9 Å². The van der Waals surface area contributed by atoms with Gasteiger partial charge in [0.2, 0.25) is 0 Å². The summed E-state index contributed by atoms with van der Waals surface area (Å²) in [7, 11) is 0. The first-order valence-electron chi connectivity index (χ1n) is 9.27. The van der Waals surface area contributed by atoms with E-state index in [0.29, 0.717) is 22.2 Å². The zero-order valence-corrected chi connectivity index (χ0v) is 16.8. The predicted molar refractivity (Wildman–Crippen MR) is 118 cm³/mol. The SMILES string of the molecule is Cc1ccc(-c2cc(C(=O)N/N=C/c3c(F)cccc3Cl)c3ccccc3n2)cc1. The van der Waals surface area contributed by atoms with Crippen LogP contribution in [0.3, 0.4) is 0 Å². The number of para-hydroxylation sites is 1. The summed E-state index contributed by atoms with van der Waals surface area (Å²) in [6.07, 6.45) is 1.19. The number of amides is 1. The molecule has 1 amide bonds. The van der Waals surface area contributed by atoms with Gasteiger partial charge in [0.1, 0.15) is 5.82 Å². The van der Waals surface area contributed by atoms with Crippen molar-refractivity contribution in [2.75, 3.05) is 0 Å². The summed E-state index contributed by atoms with van der Waals surface area (Å²) < 4.78 is 13.9. The van der Waals surface area contributed by atoms with Crippen molar-refractivity contribution in [3.63, 3.8) is 0 Å². The molecule has 4 nitrogen and oxygen atoms in total. The minimum absolute atomic E-state index is 0.111. The first-order valence-corrected chi connectivity index (χ1v) is 9.65. The molecular formula is C24H17ClFN3O. The molecular weight excluding hydrogens is 401 g/mol. The van der Waals surface area contributed by atoms with Gasteiger partial charge in [0.25, 0.3) is 5.91 Å². The van der Waals surface area contributed by atoms with Gasteiger partial charge in [-0.05, 0) is 31.2 Å². The normalized spacial score (nSPS) is 11.2. The molecule has 0 bridgehead atoms. The molecule has 148 valence electrons. The number of nitrogens with one attached hydrogen (secondary N) is 1. The van der Waals surface area contributed by atoms with E-state index in [0.717, 1.165) is 11.1 Å². The Morgan fingerprint density at radius 2 is 1.83 bits per heavy atom. The maximum atomic E-state index is 13.9. The van der Waals surface area contributed by atoms with Crippen molar-refractivity contribution in [1.29, 1.82) is 0 Å². The Hall–Kier alpha value is -3.57. The highest BCUT2D eigenvalue weighted by molar-refractivity contribution is 6.33. The van der Waals surface area contributed by atoms with Crippen LogP contribution >= 0.6 is 11.6 Å². The Kier molecular flexibility index (Phi) is 5.55. The Labute approximate surface area is 178 Å². The average Bonchev–Trinajstić information content (AvgIpc) is 2.75. The number of carbonyl (C=O) groups is 1. The third-order valence-corrected chi connectivity index (χ3v) is 5.00. The van der Waals surface area contributed by atoms with E-state index >= 15 is 0 Å². The molecule has 0 aliphatic heterocycles. The number of carbonyl (C=O) groups excluding carboxylic acids is 1. The smallest absolute Gasteiger partial charge is 0.267 e. The number of pyridine rings is 1. The number of nitrogens with zero attached hydrogens (tertiary/aromatic N) is 2. The summed E-state index contributed by atoms with van der Waals surface area (Å²) in [5, 5.41) is 4.80. The number of hydrazone groups is 1. The van der Waals surface area contributed by atoms with Gasteiger partial charge in [-0.25, -0.2) is 14.8 Å². The van der Waals surface area contributed by atoms with Gasteiger partial charge in [-0.3, -0.25) is 4.79 Å². The summed E-state index contributed by atoms with van der Waals surface area (Å²) in [6, 6.07) is 21.4. The molecule has 1 N–H and O–H groups in total. The van der Waals surface area contributed by atoms with Crippen LogP contribution in [0, 0.1) is 12.7 Å². The predicted octanol–water partition coefficient (Wildman–Crippen LogP) is 5.77. The lowest BCUT2D eigenvalue weighted by Crippen LogP contribution is -2.18. The van der Waals surface area contributed by atoms with Gasteiger partial charge < -0.3 is 0 Å². The largest absolute Gasteiger partial charge is 0.272 e. The average molecular weight is 418 g/mol. The minimum atomic E-state index is -0.517. The first kappa shape index (κ1) is 19.7. The summed E-state index contributed by atoms with van der Waals surface area (Å²) in [4.78, 5) is 17.6. The molecule has 30 heavy (non-hydrogen) atoms. The van der Waals surface area contributed by atoms with Gasteiger partial charge in [-0.2, -0.15) is 5.10 Å². The molecule has 0 atom stereocenters. The summed E-state index contributed by atoms with van der Waals surface area (Å²) in [5.74, 6) is -0.942. The third-order valence-electron chi connectivity index (χ3n) is 4.67. The van der Waals surface area contributed by atoms with Crippen LogP contribution in [0.2, 0.25) is 5.02 Å². The van der Waals surface area contributed by atoms with Crippen LogP contribution in [-0.2, 0) is 0 Å². The Morgan fingerprint density at radius 1 is 1.07 bits per heavy atom. The number of halogens is 2. The Balaban J connectivity index is 1.69. The quantitative estimate of drug-likeness (QED) is 0.338. The molecule has 1 aromatic heterocycles. The standard InChI is InChI=1S/C24H17ClFN3O/c1-15-9-11-16(12-10-15)23-13-18(17-5-2-3-8-22(17)28-23)24(30)29-27-14-19-20(25)6-4-7-21(19)26/h2-14H,1H3,(H,29,30)/b27-14+. The zero-order valence-electron chi connectivity index (χ0n) is 16.1. The van der Waals surface area contributed by atoms with Crippen molar-refractivity contribution in [3.8, 4) is 11.3 Å². The fraction of sp³-hybridized carbons (Fsp3) is 0.0417. The molecule has 4 aromatic rings. The van der Waals surface area contributed by atoms with Crippen molar-refractivity contribution in [2.24, 2.45) is 5.10 Å². The first-order chi connectivity index (χ1) is 14.5. The molecule has 0 radical (unpaired) electrons. The lowest BCUT2D eigenvalue weighted by molar-refractivity contribution is 0.0956. The maximum absolute atomic E-state index is 13.9. The number of hydrogen-bond acceptors (Lipinski definition) is 3. The summed E-state index contributed by atoms with van der Waals surface area (Å²) in [6.45, 7) is 2.01. The van der Waals surface area contributed by atoms with E-state index in [-0.39, 0.29) is 10.6 Å². The molecule has 0 aliphatic rings. The van der Waals surface area contributed by atoms with Crippen molar-refractivity contribution in [2.45, 2.75) is 6.92 Å². The topological polar surface area (TPSA) is 54.4 Å². The minimum Gasteiger partial charge on any atom is -0.267 e. The molecule has 0 fully saturated rings. The molecule has 4 rings (SSSR count). The van der Waals surface area contributed by atoms with Gasteiger partial charge in [-0.1, -0.05) is 65.7 Å². The molecule has 0 spiro atoms. The number of rotatable bonds is 4. The van der Waals surface area contributed by atoms with E-state index in [2.05, 4.69) is 15.5 Å².